The number of nitrogens with one attached hydrogen (secondary N) is 2. The topological polar surface area (TPSA) is 122 Å². The first-order valence-electron chi connectivity index (χ1n) is 13.4. The molecule has 0 spiro atoms. The highest BCUT2D eigenvalue weighted by molar-refractivity contribution is 5.95. The van der Waals surface area contributed by atoms with E-state index >= 15 is 0 Å². The molecule has 2 amide bonds. The maximum Gasteiger partial charge on any atom is 0.232 e. The predicted octanol–water partition coefficient (Wildman–Crippen LogP) is 3.50. The van der Waals surface area contributed by atoms with Crippen LogP contribution in [0.15, 0.2) is 60.7 Å². The van der Waals surface area contributed by atoms with Crippen LogP contribution in [0.5, 0.6) is 11.5 Å². The molecule has 5 rings (SSSR count). The first kappa shape index (κ1) is 27.8. The number of anilines is 3. The summed E-state index contributed by atoms with van der Waals surface area (Å²) in [5.74, 6) is 1.66. The van der Waals surface area contributed by atoms with E-state index in [-0.39, 0.29) is 30.2 Å². The largest absolute Gasteiger partial charge is 0.493 e. The van der Waals surface area contributed by atoms with Crippen LogP contribution in [0.2, 0.25) is 0 Å². The van der Waals surface area contributed by atoms with Crippen molar-refractivity contribution in [3.63, 3.8) is 0 Å². The molecule has 1 aliphatic rings. The Hall–Kier alpha value is -4.77. The maximum atomic E-state index is 13.4. The number of nitrogens with zero attached hydrogens (tertiary/aromatic N) is 5. The van der Waals surface area contributed by atoms with Crippen molar-refractivity contribution < 1.29 is 19.1 Å². The molecule has 0 bridgehead atoms. The van der Waals surface area contributed by atoms with E-state index < -0.39 is 0 Å². The first-order valence-corrected chi connectivity index (χ1v) is 13.4. The third kappa shape index (κ3) is 6.04. The van der Waals surface area contributed by atoms with Crippen molar-refractivity contribution in [1.82, 2.24) is 20.3 Å². The molecule has 11 heteroatoms. The number of aromatic nitrogens is 3. The van der Waals surface area contributed by atoms with Gasteiger partial charge in [-0.3, -0.25) is 14.9 Å². The summed E-state index contributed by atoms with van der Waals surface area (Å²) in [6, 6.07) is 18.7. The Morgan fingerprint density at radius 2 is 1.80 bits per heavy atom. The molecular formula is C30H33N7O4. The van der Waals surface area contributed by atoms with Crippen LogP contribution in [0.25, 0.3) is 22.3 Å². The summed E-state index contributed by atoms with van der Waals surface area (Å²) in [5, 5.41) is 6.11. The lowest BCUT2D eigenvalue weighted by Crippen LogP contribution is -2.53. The average Bonchev–Trinajstić information content (AvgIpc) is 3.00. The highest BCUT2D eigenvalue weighted by Gasteiger charge is 2.30. The van der Waals surface area contributed by atoms with Gasteiger partial charge in [0.25, 0.3) is 0 Å². The quantitative estimate of drug-likeness (QED) is 0.336. The molecule has 3 heterocycles. The summed E-state index contributed by atoms with van der Waals surface area (Å²) < 4.78 is 10.9. The van der Waals surface area contributed by atoms with Gasteiger partial charge in [0.15, 0.2) is 17.3 Å². The zero-order valence-corrected chi connectivity index (χ0v) is 23.5. The fraction of sp³-hybridized carbons (Fsp3) is 0.300. The SMILES string of the molecule is COc1ccc(-c2ccc3nc(NC(C)=O)nc(N4CCNCC4CC(=O)N(C)c4ccccc4)c3n2)cc1OC. The standard InChI is InChI=1S/C30H33N7O4/c1-19(38)32-30-34-24-12-11-23(20-10-13-25(40-3)26(16-20)41-4)33-28(24)29(35-30)37-15-14-31-18-22(37)17-27(39)36(2)21-8-6-5-7-9-21/h5-13,16,22,31H,14-15,17-18H2,1-4H3,(H,32,34,35,38). The van der Waals surface area contributed by atoms with E-state index in [0.29, 0.717) is 53.7 Å². The Morgan fingerprint density at radius 1 is 1.02 bits per heavy atom. The second kappa shape index (κ2) is 12.2. The van der Waals surface area contributed by atoms with Gasteiger partial charge in [0.05, 0.1) is 31.5 Å². The monoisotopic (exact) mass is 555 g/mol. The normalized spacial score (nSPS) is 14.9. The minimum absolute atomic E-state index is 0.0191. The number of methoxy groups -OCH3 is 2. The highest BCUT2D eigenvalue weighted by Crippen LogP contribution is 2.34. The minimum Gasteiger partial charge on any atom is -0.493 e. The molecule has 1 saturated heterocycles. The minimum atomic E-state index is -0.276. The van der Waals surface area contributed by atoms with E-state index in [1.807, 2.05) is 60.7 Å². The maximum absolute atomic E-state index is 13.4. The van der Waals surface area contributed by atoms with Gasteiger partial charge in [-0.2, -0.15) is 4.98 Å². The molecule has 0 saturated carbocycles. The molecule has 11 nitrogen and oxygen atoms in total. The second-order valence-corrected chi connectivity index (χ2v) is 9.73. The van der Waals surface area contributed by atoms with Crippen LogP contribution in [-0.4, -0.2) is 73.7 Å². The number of rotatable bonds is 8. The van der Waals surface area contributed by atoms with Crippen LogP contribution in [0.3, 0.4) is 0 Å². The molecule has 1 atom stereocenters. The van der Waals surface area contributed by atoms with Crippen molar-refractivity contribution in [2.45, 2.75) is 19.4 Å². The second-order valence-electron chi connectivity index (χ2n) is 9.73. The van der Waals surface area contributed by atoms with Gasteiger partial charge in [-0.05, 0) is 42.5 Å². The van der Waals surface area contributed by atoms with Crippen LogP contribution in [0.1, 0.15) is 13.3 Å². The Bertz CT molecular complexity index is 1560. The third-order valence-electron chi connectivity index (χ3n) is 7.04. The van der Waals surface area contributed by atoms with E-state index in [9.17, 15) is 9.59 Å². The molecule has 1 aliphatic heterocycles. The van der Waals surface area contributed by atoms with Gasteiger partial charge >= 0.3 is 0 Å². The number of piperazine rings is 1. The summed E-state index contributed by atoms with van der Waals surface area (Å²) >= 11 is 0. The van der Waals surface area contributed by atoms with Crippen LogP contribution < -0.4 is 29.9 Å². The van der Waals surface area contributed by atoms with Gasteiger partial charge in [-0.15, -0.1) is 0 Å². The number of carbonyl (C=O) groups excluding carboxylic acids is 2. The Labute approximate surface area is 238 Å². The van der Waals surface area contributed by atoms with Gasteiger partial charge in [0, 0.05) is 51.3 Å². The van der Waals surface area contributed by atoms with Crippen molar-refractivity contribution in [1.29, 1.82) is 0 Å². The van der Waals surface area contributed by atoms with Gasteiger partial charge in [-0.25, -0.2) is 9.97 Å². The van der Waals surface area contributed by atoms with Crippen molar-refractivity contribution >= 4 is 40.3 Å². The Balaban J connectivity index is 1.55. The van der Waals surface area contributed by atoms with Crippen LogP contribution in [0, 0.1) is 0 Å². The molecule has 0 radical (unpaired) electrons. The van der Waals surface area contributed by atoms with Gasteiger partial charge < -0.3 is 24.6 Å². The van der Waals surface area contributed by atoms with Crippen LogP contribution in [-0.2, 0) is 9.59 Å². The molecular weight excluding hydrogens is 522 g/mol. The zero-order valence-electron chi connectivity index (χ0n) is 23.5. The van der Waals surface area contributed by atoms with Gasteiger partial charge in [0.2, 0.25) is 17.8 Å². The van der Waals surface area contributed by atoms with E-state index in [1.165, 1.54) is 6.92 Å². The number of para-hydroxylation sites is 1. The lowest BCUT2D eigenvalue weighted by molar-refractivity contribution is -0.118. The Kier molecular flexibility index (Phi) is 8.25. The van der Waals surface area contributed by atoms with Crippen molar-refractivity contribution in [3.8, 4) is 22.8 Å². The molecule has 4 aromatic rings. The lowest BCUT2D eigenvalue weighted by Gasteiger charge is -2.37. The number of ether oxygens (including phenoxy) is 2. The number of amides is 2. The Morgan fingerprint density at radius 3 is 2.54 bits per heavy atom. The number of pyridine rings is 1. The number of fused-ring (bicyclic) bond motifs is 1. The number of hydrogen-bond donors (Lipinski definition) is 2. The molecule has 1 fully saturated rings. The summed E-state index contributed by atoms with van der Waals surface area (Å²) in [5.41, 5.74) is 3.50. The number of benzene rings is 2. The van der Waals surface area contributed by atoms with Crippen molar-refractivity contribution in [2.75, 3.05) is 56.0 Å². The summed E-state index contributed by atoms with van der Waals surface area (Å²) in [6.45, 7) is 3.30. The first-order chi connectivity index (χ1) is 19.9. The third-order valence-corrected chi connectivity index (χ3v) is 7.04. The average molecular weight is 556 g/mol. The zero-order chi connectivity index (χ0) is 28.9. The van der Waals surface area contributed by atoms with Crippen molar-refractivity contribution in [3.05, 3.63) is 60.7 Å². The number of carbonyl (C=O) groups is 2. The molecule has 2 aromatic heterocycles. The molecule has 212 valence electrons. The summed E-state index contributed by atoms with van der Waals surface area (Å²) in [7, 11) is 4.96. The van der Waals surface area contributed by atoms with E-state index in [0.717, 1.165) is 11.3 Å². The van der Waals surface area contributed by atoms with Crippen molar-refractivity contribution in [2.24, 2.45) is 0 Å². The predicted molar refractivity (Wildman–Crippen MR) is 159 cm³/mol. The summed E-state index contributed by atoms with van der Waals surface area (Å²) in [4.78, 5) is 43.3. The summed E-state index contributed by atoms with van der Waals surface area (Å²) in [6.07, 6.45) is 0.259. The molecule has 2 aromatic carbocycles. The van der Waals surface area contributed by atoms with Crippen LogP contribution >= 0.6 is 0 Å². The fourth-order valence-electron chi connectivity index (χ4n) is 4.93. The molecule has 0 aliphatic carbocycles. The van der Waals surface area contributed by atoms with E-state index in [1.54, 1.807) is 26.2 Å². The lowest BCUT2D eigenvalue weighted by atomic mass is 10.1. The highest BCUT2D eigenvalue weighted by atomic mass is 16.5. The van der Waals surface area contributed by atoms with Gasteiger partial charge in [-0.1, -0.05) is 18.2 Å². The number of hydrogen-bond acceptors (Lipinski definition) is 9. The molecule has 1 unspecified atom stereocenters. The van der Waals surface area contributed by atoms with E-state index in [2.05, 4.69) is 20.5 Å². The smallest absolute Gasteiger partial charge is 0.232 e. The van der Waals surface area contributed by atoms with E-state index in [4.69, 9.17) is 19.4 Å². The fourth-order valence-corrected chi connectivity index (χ4v) is 4.93. The van der Waals surface area contributed by atoms with Gasteiger partial charge in [0.1, 0.15) is 5.52 Å². The molecule has 41 heavy (non-hydrogen) atoms. The van der Waals surface area contributed by atoms with Crippen LogP contribution in [0.4, 0.5) is 17.5 Å². The molecule has 2 N–H and O–H groups in total.